The number of hydrogen-bond acceptors (Lipinski definition) is 5. The molecule has 9 heteroatoms. The molecule has 0 saturated carbocycles. The number of benzene rings is 10. The van der Waals surface area contributed by atoms with Crippen LogP contribution in [-0.4, -0.2) is 23.5 Å². The standard InChI is InChI=1S/C70H55B2N7/c1-49-24-19-25-50(2)67(49)71-76(55-32-13-7-14-33-55)64-44-43-57(74-48-75(63-41-18-17-40-62(63)74)69-60(53-28-9-5-10-29-53)38-22-39-61(69)54-30-11-6-12-31-54)47-66(64)78(71)58-36-21-37-59(46-58)79-70-65(42-23-45-73-70)77(56-34-15-8-16-35-56)72(79)68-51(3)26-20-27-52(68)4/h5-47H,1-4H3. The third-order valence-electron chi connectivity index (χ3n) is 16.0. The van der Waals surface area contributed by atoms with Crippen LogP contribution in [0.15, 0.2) is 261 Å². The molecule has 4 heterocycles. The van der Waals surface area contributed by atoms with Crippen LogP contribution in [0.2, 0.25) is 0 Å². The summed E-state index contributed by atoms with van der Waals surface area (Å²) in [5.41, 5.74) is 23.7. The van der Waals surface area contributed by atoms with Gasteiger partial charge in [0, 0.05) is 28.9 Å². The van der Waals surface area contributed by atoms with Gasteiger partial charge in [-0.2, -0.15) is 0 Å². The van der Waals surface area contributed by atoms with Crippen molar-refractivity contribution in [3.8, 4) is 33.6 Å². The van der Waals surface area contributed by atoms with Crippen LogP contribution < -0.4 is 34.7 Å². The SMILES string of the molecule is Cc1cccc(C)c1B1N(c2ccccc2)c2ccc(-n3[c-][n+](-c4c(-c5ccccc5)cccc4-c4ccccc4)c4ccccc43)cc2N1c1cccc(N2B(c3c(C)cccc3C)N(c3ccccc3)c3cccnc32)c1. The highest BCUT2D eigenvalue weighted by molar-refractivity contribution is 6.86. The number of aromatic nitrogens is 3. The molecule has 0 atom stereocenters. The quantitative estimate of drug-likeness (QED) is 0.0775. The smallest absolute Gasteiger partial charge is 0.360 e. The van der Waals surface area contributed by atoms with Gasteiger partial charge in [-0.25, -0.2) is 4.98 Å². The molecule has 0 spiro atoms. The minimum Gasteiger partial charge on any atom is -0.360 e. The first kappa shape index (κ1) is 47.6. The van der Waals surface area contributed by atoms with Crippen molar-refractivity contribution < 1.29 is 4.57 Å². The second-order valence-electron chi connectivity index (χ2n) is 20.7. The summed E-state index contributed by atoms with van der Waals surface area (Å²) in [6.45, 7) is 8.50. The van der Waals surface area contributed by atoms with Crippen molar-refractivity contribution in [3.05, 3.63) is 290 Å². The average Bonchev–Trinajstić information content (AvgIpc) is 3.81. The van der Waals surface area contributed by atoms with E-state index in [1.165, 1.54) is 33.2 Å². The van der Waals surface area contributed by atoms with Crippen molar-refractivity contribution in [2.45, 2.75) is 27.7 Å². The molecule has 0 aliphatic carbocycles. The molecule has 0 fully saturated rings. The number of fused-ring (bicyclic) bond motifs is 3. The summed E-state index contributed by atoms with van der Waals surface area (Å²) < 4.78 is 4.53. The third kappa shape index (κ3) is 7.99. The van der Waals surface area contributed by atoms with Crippen LogP contribution in [0, 0.1) is 34.0 Å². The first-order valence-electron chi connectivity index (χ1n) is 27.2. The van der Waals surface area contributed by atoms with E-state index in [-0.39, 0.29) is 14.0 Å². The highest BCUT2D eigenvalue weighted by Crippen LogP contribution is 2.50. The highest BCUT2D eigenvalue weighted by Gasteiger charge is 2.48. The zero-order valence-electron chi connectivity index (χ0n) is 44.6. The maximum Gasteiger partial charge on any atom is 0.422 e. The second-order valence-corrected chi connectivity index (χ2v) is 20.7. The normalized spacial score (nSPS) is 12.9. The van der Waals surface area contributed by atoms with E-state index in [2.05, 4.69) is 317 Å². The number of hydrogen-bond donors (Lipinski definition) is 0. The Morgan fingerprint density at radius 1 is 0.367 bits per heavy atom. The number of imidazole rings is 1. The molecule has 0 saturated heterocycles. The summed E-state index contributed by atoms with van der Waals surface area (Å²) in [4.78, 5) is 15.2. The largest absolute Gasteiger partial charge is 0.422 e. The van der Waals surface area contributed by atoms with Crippen molar-refractivity contribution in [2.24, 2.45) is 0 Å². The van der Waals surface area contributed by atoms with Crippen LogP contribution in [0.4, 0.5) is 45.6 Å². The minimum atomic E-state index is -0.259. The average molecular weight is 1020 g/mol. The van der Waals surface area contributed by atoms with E-state index >= 15 is 0 Å². The molecule has 0 radical (unpaired) electrons. The molecule has 0 amide bonds. The molecule has 2 aliphatic rings. The van der Waals surface area contributed by atoms with Gasteiger partial charge in [0.1, 0.15) is 5.82 Å². The summed E-state index contributed by atoms with van der Waals surface area (Å²) in [6.07, 6.45) is 5.90. The van der Waals surface area contributed by atoms with Gasteiger partial charge in [-0.15, -0.1) is 0 Å². The molecule has 2 aliphatic heterocycles. The van der Waals surface area contributed by atoms with E-state index in [0.717, 1.165) is 90.3 Å². The maximum absolute atomic E-state index is 5.22. The Labute approximate surface area is 463 Å². The molecule has 376 valence electrons. The molecule has 0 unspecified atom stereocenters. The first-order chi connectivity index (χ1) is 38.9. The van der Waals surface area contributed by atoms with Crippen LogP contribution in [0.5, 0.6) is 0 Å². The molecular formula is C70H55B2N7. The summed E-state index contributed by atoms with van der Waals surface area (Å²) in [5, 5.41) is 0. The van der Waals surface area contributed by atoms with E-state index in [0.29, 0.717) is 0 Å². The fraction of sp³-hybridized carbons (Fsp3) is 0.0571. The van der Waals surface area contributed by atoms with Gasteiger partial charge in [-0.3, -0.25) is 9.13 Å². The Kier molecular flexibility index (Phi) is 11.8. The van der Waals surface area contributed by atoms with Crippen molar-refractivity contribution in [1.82, 2.24) is 9.55 Å². The van der Waals surface area contributed by atoms with Crippen molar-refractivity contribution in [2.75, 3.05) is 19.2 Å². The van der Waals surface area contributed by atoms with Crippen LogP contribution in [0.1, 0.15) is 22.3 Å². The van der Waals surface area contributed by atoms with Gasteiger partial charge in [0.2, 0.25) is 0 Å². The fourth-order valence-electron chi connectivity index (χ4n) is 12.5. The molecule has 2 aromatic heterocycles. The predicted octanol–water partition coefficient (Wildman–Crippen LogP) is 15.0. The number of anilines is 8. The second kappa shape index (κ2) is 19.6. The lowest BCUT2D eigenvalue weighted by Crippen LogP contribution is -2.55. The van der Waals surface area contributed by atoms with Gasteiger partial charge in [-0.05, 0) is 134 Å². The number of pyridine rings is 1. The Balaban J connectivity index is 0.999. The lowest BCUT2D eigenvalue weighted by atomic mass is 9.60. The molecule has 0 bridgehead atoms. The molecule has 0 N–H and O–H groups in total. The van der Waals surface area contributed by atoms with Gasteiger partial charge >= 0.3 is 14.0 Å². The van der Waals surface area contributed by atoms with Crippen LogP contribution in [0.3, 0.4) is 0 Å². The lowest BCUT2D eigenvalue weighted by Gasteiger charge is -2.34. The number of rotatable bonds is 10. The first-order valence-corrected chi connectivity index (χ1v) is 27.2. The molecule has 7 nitrogen and oxygen atoms in total. The molecule has 12 aromatic rings. The van der Waals surface area contributed by atoms with E-state index in [1.54, 1.807) is 0 Å². The summed E-state index contributed by atoms with van der Waals surface area (Å²) in [5.74, 6) is 0.907. The topological polar surface area (TPSA) is 34.7 Å². The van der Waals surface area contributed by atoms with Gasteiger partial charge in [0.25, 0.3) is 6.33 Å². The molecule has 10 aromatic carbocycles. The Hall–Kier alpha value is -9.85. The Morgan fingerprint density at radius 2 is 0.835 bits per heavy atom. The molecule has 79 heavy (non-hydrogen) atoms. The van der Waals surface area contributed by atoms with Crippen LogP contribution in [-0.2, 0) is 0 Å². The minimum absolute atomic E-state index is 0.227. The van der Waals surface area contributed by atoms with Crippen LogP contribution in [0.25, 0.3) is 44.7 Å². The van der Waals surface area contributed by atoms with E-state index in [9.17, 15) is 0 Å². The van der Waals surface area contributed by atoms with Gasteiger partial charge in [-0.1, -0.05) is 204 Å². The zero-order valence-corrected chi connectivity index (χ0v) is 44.6. The van der Waals surface area contributed by atoms with Gasteiger partial charge in [0.15, 0.2) is 0 Å². The van der Waals surface area contributed by atoms with Crippen LogP contribution >= 0.6 is 0 Å². The van der Waals surface area contributed by atoms with E-state index in [1.807, 2.05) is 6.20 Å². The summed E-state index contributed by atoms with van der Waals surface area (Å²) in [7, 11) is 0. The maximum atomic E-state index is 5.22. The number of aryl methyl sites for hydroxylation is 4. The zero-order chi connectivity index (χ0) is 53.1. The van der Waals surface area contributed by atoms with Gasteiger partial charge in [0.05, 0.1) is 39.5 Å². The van der Waals surface area contributed by atoms with Gasteiger partial charge < -0.3 is 19.2 Å². The van der Waals surface area contributed by atoms with E-state index in [4.69, 9.17) is 4.98 Å². The van der Waals surface area contributed by atoms with Crippen molar-refractivity contribution in [3.63, 3.8) is 0 Å². The fourth-order valence-corrected chi connectivity index (χ4v) is 12.5. The van der Waals surface area contributed by atoms with Crippen molar-refractivity contribution >= 4 is 81.6 Å². The number of para-hydroxylation sites is 5. The van der Waals surface area contributed by atoms with Crippen molar-refractivity contribution in [1.29, 1.82) is 0 Å². The Bertz CT molecular complexity index is 4150. The lowest BCUT2D eigenvalue weighted by molar-refractivity contribution is -0.571. The summed E-state index contributed by atoms with van der Waals surface area (Å²) in [6, 6.07) is 92.1. The third-order valence-corrected chi connectivity index (χ3v) is 16.0. The summed E-state index contributed by atoms with van der Waals surface area (Å²) >= 11 is 0. The molecular weight excluding hydrogens is 960 g/mol. The number of nitrogens with zero attached hydrogens (tertiary/aromatic N) is 7. The highest BCUT2D eigenvalue weighted by atomic mass is 15.3. The molecule has 14 rings (SSSR count). The van der Waals surface area contributed by atoms with E-state index < -0.39 is 0 Å². The predicted molar refractivity (Wildman–Crippen MR) is 329 cm³/mol. The monoisotopic (exact) mass is 1020 g/mol. The Morgan fingerprint density at radius 3 is 1.43 bits per heavy atom.